The molecule has 0 aliphatic carbocycles. The van der Waals surface area contributed by atoms with E-state index in [0.29, 0.717) is 6.61 Å². The van der Waals surface area contributed by atoms with Crippen molar-refractivity contribution in [2.75, 3.05) is 6.61 Å². The summed E-state index contributed by atoms with van der Waals surface area (Å²) < 4.78 is 4.99. The van der Waals surface area contributed by atoms with Crippen LogP contribution >= 0.6 is 11.8 Å². The smallest absolute Gasteiger partial charge is 0.319 e. The van der Waals surface area contributed by atoms with Crippen LogP contribution in [0.2, 0.25) is 0 Å². The summed E-state index contributed by atoms with van der Waals surface area (Å²) in [5, 5.41) is 9.84. The summed E-state index contributed by atoms with van der Waals surface area (Å²) in [6.07, 6.45) is 4.38. The third-order valence-electron chi connectivity index (χ3n) is 1.80. The number of hydrogen-bond acceptors (Lipinski definition) is 4. The third-order valence-corrected chi connectivity index (χ3v) is 2.46. The van der Waals surface area contributed by atoms with Gasteiger partial charge in [-0.15, -0.1) is 0 Å². The Kier molecular flexibility index (Phi) is 8.45. The molecule has 0 aliphatic heterocycles. The zero-order valence-corrected chi connectivity index (χ0v) is 9.60. The zero-order chi connectivity index (χ0) is 10.8. The van der Waals surface area contributed by atoms with Gasteiger partial charge in [-0.05, 0) is 25.1 Å². The number of rotatable bonds is 7. The van der Waals surface area contributed by atoms with Crippen molar-refractivity contribution < 1.29 is 9.53 Å². The Bertz CT molecular complexity index is 201. The molecule has 0 N–H and O–H groups in total. The fourth-order valence-electron chi connectivity index (χ4n) is 0.946. The lowest BCUT2D eigenvalue weighted by atomic mass is 10.2. The van der Waals surface area contributed by atoms with Crippen LogP contribution in [0, 0.1) is 10.7 Å². The topological polar surface area (TPSA) is 50.1 Å². The minimum Gasteiger partial charge on any atom is -0.465 e. The highest BCUT2D eigenvalue weighted by atomic mass is 32.2. The standard InChI is InChI=1S/C10H17NO2S/c1-3-4-5-6-7-13-10(12)9(2)14-8-11/h9H,3-7H2,1-2H3. The fourth-order valence-corrected chi connectivity index (χ4v) is 1.27. The van der Waals surface area contributed by atoms with E-state index in [-0.39, 0.29) is 11.2 Å². The van der Waals surface area contributed by atoms with Crippen LogP contribution in [-0.2, 0) is 9.53 Å². The molecule has 0 heterocycles. The van der Waals surface area contributed by atoms with E-state index < -0.39 is 0 Å². The molecule has 1 unspecified atom stereocenters. The van der Waals surface area contributed by atoms with E-state index in [4.69, 9.17) is 10.00 Å². The van der Waals surface area contributed by atoms with Gasteiger partial charge in [0.05, 0.1) is 6.61 Å². The van der Waals surface area contributed by atoms with Crippen molar-refractivity contribution in [3.8, 4) is 5.40 Å². The Morgan fingerprint density at radius 1 is 1.50 bits per heavy atom. The summed E-state index contributed by atoms with van der Waals surface area (Å²) in [7, 11) is 0. The Hall–Kier alpha value is -0.690. The normalized spacial score (nSPS) is 11.8. The van der Waals surface area contributed by atoms with Crippen LogP contribution in [0.15, 0.2) is 0 Å². The van der Waals surface area contributed by atoms with Gasteiger partial charge in [0.15, 0.2) is 0 Å². The Morgan fingerprint density at radius 3 is 2.79 bits per heavy atom. The number of thiocyanates is 1. The van der Waals surface area contributed by atoms with Crippen molar-refractivity contribution >= 4 is 17.7 Å². The van der Waals surface area contributed by atoms with Crippen LogP contribution in [0.25, 0.3) is 0 Å². The van der Waals surface area contributed by atoms with E-state index in [2.05, 4.69) is 6.92 Å². The summed E-state index contributed by atoms with van der Waals surface area (Å²) >= 11 is 0.939. The molecule has 0 fully saturated rings. The second-order valence-electron chi connectivity index (χ2n) is 3.08. The second kappa shape index (κ2) is 8.89. The van der Waals surface area contributed by atoms with Crippen LogP contribution in [0.5, 0.6) is 0 Å². The lowest BCUT2D eigenvalue weighted by Crippen LogP contribution is -2.16. The number of nitriles is 1. The number of carbonyl (C=O) groups is 1. The molecule has 1 atom stereocenters. The van der Waals surface area contributed by atoms with Gasteiger partial charge in [-0.2, -0.15) is 5.26 Å². The molecular weight excluding hydrogens is 198 g/mol. The number of hydrogen-bond donors (Lipinski definition) is 0. The molecule has 0 aromatic rings. The summed E-state index contributed by atoms with van der Waals surface area (Å²) in [5.41, 5.74) is 0. The fraction of sp³-hybridized carbons (Fsp3) is 0.800. The lowest BCUT2D eigenvalue weighted by molar-refractivity contribution is -0.142. The molecule has 0 aliphatic rings. The molecule has 0 spiro atoms. The average Bonchev–Trinajstić information content (AvgIpc) is 2.17. The first-order chi connectivity index (χ1) is 6.72. The largest absolute Gasteiger partial charge is 0.465 e. The van der Waals surface area contributed by atoms with Crippen molar-refractivity contribution in [3.05, 3.63) is 0 Å². The van der Waals surface area contributed by atoms with Gasteiger partial charge in [0.25, 0.3) is 0 Å². The number of thioether (sulfide) groups is 1. The van der Waals surface area contributed by atoms with E-state index in [0.717, 1.165) is 24.6 Å². The highest BCUT2D eigenvalue weighted by Gasteiger charge is 2.14. The summed E-state index contributed by atoms with van der Waals surface area (Å²) in [6.45, 7) is 4.30. The number of unbranched alkanes of at least 4 members (excludes halogenated alkanes) is 3. The molecule has 80 valence electrons. The molecule has 4 heteroatoms. The first-order valence-corrected chi connectivity index (χ1v) is 5.81. The van der Waals surface area contributed by atoms with Crippen LogP contribution in [0.4, 0.5) is 0 Å². The molecule has 14 heavy (non-hydrogen) atoms. The Balaban J connectivity index is 3.40. The maximum atomic E-state index is 11.2. The SMILES string of the molecule is CCCCCCOC(=O)C(C)SC#N. The van der Waals surface area contributed by atoms with Gasteiger partial charge in [-0.25, -0.2) is 0 Å². The predicted octanol–water partition coefficient (Wildman–Crippen LogP) is 2.71. The maximum absolute atomic E-state index is 11.2. The quantitative estimate of drug-likeness (QED) is 0.372. The summed E-state index contributed by atoms with van der Waals surface area (Å²) in [6, 6.07) is 0. The Morgan fingerprint density at radius 2 is 2.21 bits per heavy atom. The van der Waals surface area contributed by atoms with Crippen molar-refractivity contribution in [3.63, 3.8) is 0 Å². The number of ether oxygens (including phenoxy) is 1. The molecule has 0 aromatic heterocycles. The maximum Gasteiger partial charge on any atom is 0.319 e. The predicted molar refractivity (Wildman–Crippen MR) is 57.8 cm³/mol. The van der Waals surface area contributed by atoms with Crippen molar-refractivity contribution in [2.24, 2.45) is 0 Å². The van der Waals surface area contributed by atoms with Crippen LogP contribution in [0.1, 0.15) is 39.5 Å². The monoisotopic (exact) mass is 215 g/mol. The summed E-state index contributed by atoms with van der Waals surface area (Å²) in [4.78, 5) is 11.2. The molecule has 0 radical (unpaired) electrons. The van der Waals surface area contributed by atoms with Crippen molar-refractivity contribution in [2.45, 2.75) is 44.8 Å². The number of carbonyl (C=O) groups excluding carboxylic acids is 1. The lowest BCUT2D eigenvalue weighted by Gasteiger charge is -2.07. The van der Waals surface area contributed by atoms with Gasteiger partial charge in [0.1, 0.15) is 10.7 Å². The minimum atomic E-state index is -0.369. The first-order valence-electron chi connectivity index (χ1n) is 4.93. The molecule has 0 aromatic carbocycles. The molecule has 0 saturated heterocycles. The molecule has 3 nitrogen and oxygen atoms in total. The van der Waals surface area contributed by atoms with Gasteiger partial charge in [0.2, 0.25) is 0 Å². The molecule has 0 saturated carbocycles. The molecular formula is C10H17NO2S. The van der Waals surface area contributed by atoms with Gasteiger partial charge >= 0.3 is 5.97 Å². The van der Waals surface area contributed by atoms with E-state index in [1.165, 1.54) is 12.8 Å². The van der Waals surface area contributed by atoms with Crippen LogP contribution < -0.4 is 0 Å². The molecule has 0 amide bonds. The van der Waals surface area contributed by atoms with Gasteiger partial charge < -0.3 is 4.74 Å². The van der Waals surface area contributed by atoms with E-state index >= 15 is 0 Å². The Labute approximate surface area is 89.8 Å². The highest BCUT2D eigenvalue weighted by Crippen LogP contribution is 2.10. The second-order valence-corrected chi connectivity index (χ2v) is 4.20. The van der Waals surface area contributed by atoms with Crippen molar-refractivity contribution in [1.82, 2.24) is 0 Å². The van der Waals surface area contributed by atoms with Gasteiger partial charge in [-0.1, -0.05) is 26.2 Å². The zero-order valence-electron chi connectivity index (χ0n) is 8.78. The number of esters is 1. The first kappa shape index (κ1) is 13.3. The van der Waals surface area contributed by atoms with Crippen molar-refractivity contribution in [1.29, 1.82) is 5.26 Å². The van der Waals surface area contributed by atoms with Gasteiger partial charge in [0, 0.05) is 0 Å². The number of nitrogens with zero attached hydrogens (tertiary/aromatic N) is 1. The van der Waals surface area contributed by atoms with E-state index in [9.17, 15) is 4.79 Å². The highest BCUT2D eigenvalue weighted by molar-refractivity contribution is 8.04. The van der Waals surface area contributed by atoms with Crippen LogP contribution in [0.3, 0.4) is 0 Å². The third kappa shape index (κ3) is 6.79. The van der Waals surface area contributed by atoms with Gasteiger partial charge in [-0.3, -0.25) is 4.79 Å². The summed E-state index contributed by atoms with van der Waals surface area (Å²) in [5.74, 6) is -0.284. The average molecular weight is 215 g/mol. The van der Waals surface area contributed by atoms with E-state index in [1.807, 2.05) is 5.40 Å². The minimum absolute atomic E-state index is 0.284. The van der Waals surface area contributed by atoms with E-state index in [1.54, 1.807) is 6.92 Å². The molecule has 0 rings (SSSR count). The molecule has 0 bridgehead atoms. The van der Waals surface area contributed by atoms with Crippen LogP contribution in [-0.4, -0.2) is 17.8 Å².